The van der Waals surface area contributed by atoms with Crippen LogP contribution < -0.4 is 5.73 Å². The summed E-state index contributed by atoms with van der Waals surface area (Å²) in [5.41, 5.74) is 8.46. The number of nitrogens with two attached hydrogens (primary N) is 1. The Morgan fingerprint density at radius 3 is 2.35 bits per heavy atom. The average Bonchev–Trinajstić information content (AvgIpc) is 2.61. The summed E-state index contributed by atoms with van der Waals surface area (Å²) in [6, 6.07) is 24.3. The first-order valence-electron chi connectivity index (χ1n) is 7.72. The highest BCUT2D eigenvalue weighted by Gasteiger charge is 2.14. The van der Waals surface area contributed by atoms with Crippen molar-refractivity contribution < 1.29 is 0 Å². The maximum absolute atomic E-state index is 6.31. The van der Waals surface area contributed by atoms with Crippen LogP contribution in [0.5, 0.6) is 0 Å². The van der Waals surface area contributed by atoms with E-state index in [1.165, 1.54) is 5.39 Å². The van der Waals surface area contributed by atoms with Gasteiger partial charge in [0.2, 0.25) is 0 Å². The van der Waals surface area contributed by atoms with Crippen LogP contribution in [0.1, 0.15) is 17.0 Å². The van der Waals surface area contributed by atoms with Crippen LogP contribution in [0, 0.1) is 11.8 Å². The molecular formula is C22H19N. The highest BCUT2D eigenvalue weighted by Crippen LogP contribution is 2.20. The van der Waals surface area contributed by atoms with Gasteiger partial charge in [0.1, 0.15) is 0 Å². The Bertz CT molecular complexity index is 863. The molecule has 2 N–H and O–H groups in total. The quantitative estimate of drug-likeness (QED) is 0.559. The minimum Gasteiger partial charge on any atom is -0.317 e. The van der Waals surface area contributed by atoms with Crippen LogP contribution in [-0.4, -0.2) is 6.04 Å². The lowest BCUT2D eigenvalue weighted by Crippen LogP contribution is -2.25. The van der Waals surface area contributed by atoms with Crippen molar-refractivity contribution in [2.45, 2.75) is 12.0 Å². The molecule has 0 aromatic heterocycles. The predicted molar refractivity (Wildman–Crippen MR) is 98.2 cm³/mol. The standard InChI is InChI=1S/C22H19N/c1-2-20(17-9-4-3-5-10-17)22(23)16-15-19-13-8-12-18-11-6-7-14-21(18)19/h2-14,20,22H,1,23H2. The molecule has 0 bridgehead atoms. The SMILES string of the molecule is C=CC(c1ccccc1)C(N)C#Cc1cccc2ccccc12. The van der Waals surface area contributed by atoms with Crippen LogP contribution in [0.15, 0.2) is 85.5 Å². The topological polar surface area (TPSA) is 26.0 Å². The Morgan fingerprint density at radius 2 is 1.57 bits per heavy atom. The number of hydrogen-bond donors (Lipinski definition) is 1. The first kappa shape index (κ1) is 15.1. The number of fused-ring (bicyclic) bond motifs is 1. The molecule has 3 rings (SSSR count). The maximum Gasteiger partial charge on any atom is 0.0772 e. The molecule has 2 unspecified atom stereocenters. The Balaban J connectivity index is 1.92. The summed E-state index contributed by atoms with van der Waals surface area (Å²) in [6.45, 7) is 3.92. The molecule has 3 aromatic carbocycles. The van der Waals surface area contributed by atoms with Gasteiger partial charge in [-0.1, -0.05) is 84.6 Å². The molecule has 3 aromatic rings. The summed E-state index contributed by atoms with van der Waals surface area (Å²) >= 11 is 0. The smallest absolute Gasteiger partial charge is 0.0772 e. The molecule has 0 aliphatic heterocycles. The third-order valence-corrected chi connectivity index (χ3v) is 3.99. The molecular weight excluding hydrogens is 278 g/mol. The van der Waals surface area contributed by atoms with Gasteiger partial charge in [-0.25, -0.2) is 0 Å². The monoisotopic (exact) mass is 297 g/mol. The van der Waals surface area contributed by atoms with Gasteiger partial charge in [-0.2, -0.15) is 0 Å². The predicted octanol–water partition coefficient (Wildman–Crippen LogP) is 4.49. The van der Waals surface area contributed by atoms with Crippen molar-refractivity contribution in [3.05, 3.63) is 96.6 Å². The van der Waals surface area contributed by atoms with Gasteiger partial charge in [-0.15, -0.1) is 6.58 Å². The van der Waals surface area contributed by atoms with Crippen molar-refractivity contribution in [2.24, 2.45) is 5.73 Å². The fraction of sp³-hybridized carbons (Fsp3) is 0.0909. The van der Waals surface area contributed by atoms with Crippen molar-refractivity contribution in [3.8, 4) is 11.8 Å². The van der Waals surface area contributed by atoms with Crippen molar-refractivity contribution in [1.29, 1.82) is 0 Å². The molecule has 0 saturated carbocycles. The van der Waals surface area contributed by atoms with Crippen LogP contribution in [0.4, 0.5) is 0 Å². The van der Waals surface area contributed by atoms with E-state index < -0.39 is 0 Å². The van der Waals surface area contributed by atoms with E-state index in [1.807, 2.05) is 48.5 Å². The summed E-state index contributed by atoms with van der Waals surface area (Å²) < 4.78 is 0. The largest absolute Gasteiger partial charge is 0.317 e. The second-order valence-corrected chi connectivity index (χ2v) is 5.49. The van der Waals surface area contributed by atoms with Gasteiger partial charge in [0.15, 0.2) is 0 Å². The van der Waals surface area contributed by atoms with Gasteiger partial charge in [0.25, 0.3) is 0 Å². The molecule has 0 amide bonds. The summed E-state index contributed by atoms with van der Waals surface area (Å²) in [6.07, 6.45) is 1.87. The van der Waals surface area contributed by atoms with E-state index in [9.17, 15) is 0 Å². The Labute approximate surface area is 137 Å². The van der Waals surface area contributed by atoms with Crippen LogP contribution in [0.2, 0.25) is 0 Å². The van der Waals surface area contributed by atoms with Crippen LogP contribution in [0.3, 0.4) is 0 Å². The van der Waals surface area contributed by atoms with Crippen LogP contribution in [-0.2, 0) is 0 Å². The fourth-order valence-electron chi connectivity index (χ4n) is 2.75. The molecule has 0 radical (unpaired) electrons. The molecule has 0 heterocycles. The maximum atomic E-state index is 6.31. The minimum atomic E-state index is -0.283. The van der Waals surface area contributed by atoms with Crippen molar-refractivity contribution in [1.82, 2.24) is 0 Å². The fourth-order valence-corrected chi connectivity index (χ4v) is 2.75. The number of hydrogen-bond acceptors (Lipinski definition) is 1. The molecule has 1 heteroatoms. The van der Waals surface area contributed by atoms with Crippen molar-refractivity contribution >= 4 is 10.8 Å². The summed E-state index contributed by atoms with van der Waals surface area (Å²) in [5.74, 6) is 6.47. The summed E-state index contributed by atoms with van der Waals surface area (Å²) in [5, 5.41) is 2.35. The molecule has 0 aliphatic rings. The lowest BCUT2D eigenvalue weighted by Gasteiger charge is -2.16. The highest BCUT2D eigenvalue weighted by molar-refractivity contribution is 5.88. The number of rotatable bonds is 3. The Morgan fingerprint density at radius 1 is 0.870 bits per heavy atom. The average molecular weight is 297 g/mol. The summed E-state index contributed by atoms with van der Waals surface area (Å²) in [7, 11) is 0. The zero-order chi connectivity index (χ0) is 16.1. The van der Waals surface area contributed by atoms with E-state index in [0.717, 1.165) is 16.5 Å². The molecule has 0 saturated heterocycles. The normalized spacial score (nSPS) is 12.9. The molecule has 1 nitrogen and oxygen atoms in total. The van der Waals surface area contributed by atoms with Crippen molar-refractivity contribution in [2.75, 3.05) is 0 Å². The Hall–Kier alpha value is -2.82. The van der Waals surface area contributed by atoms with Gasteiger partial charge >= 0.3 is 0 Å². The van der Waals surface area contributed by atoms with E-state index in [-0.39, 0.29) is 12.0 Å². The van der Waals surface area contributed by atoms with Gasteiger partial charge in [0.05, 0.1) is 6.04 Å². The third-order valence-electron chi connectivity index (χ3n) is 3.99. The lowest BCUT2D eigenvalue weighted by molar-refractivity contribution is 0.742. The van der Waals surface area contributed by atoms with Crippen LogP contribution in [0.25, 0.3) is 10.8 Å². The van der Waals surface area contributed by atoms with Crippen LogP contribution >= 0.6 is 0 Å². The number of benzene rings is 3. The molecule has 23 heavy (non-hydrogen) atoms. The summed E-state index contributed by atoms with van der Waals surface area (Å²) in [4.78, 5) is 0. The van der Waals surface area contributed by atoms with Gasteiger partial charge in [-0.3, -0.25) is 0 Å². The van der Waals surface area contributed by atoms with Gasteiger partial charge < -0.3 is 5.73 Å². The molecule has 0 spiro atoms. The third kappa shape index (κ3) is 3.34. The van der Waals surface area contributed by atoms with E-state index in [4.69, 9.17) is 5.73 Å². The second-order valence-electron chi connectivity index (χ2n) is 5.49. The zero-order valence-corrected chi connectivity index (χ0v) is 12.9. The van der Waals surface area contributed by atoms with E-state index in [2.05, 4.69) is 48.8 Å². The molecule has 2 atom stereocenters. The molecule has 0 aliphatic carbocycles. The van der Waals surface area contributed by atoms with E-state index in [1.54, 1.807) is 0 Å². The van der Waals surface area contributed by atoms with E-state index in [0.29, 0.717) is 0 Å². The lowest BCUT2D eigenvalue weighted by atomic mass is 9.92. The zero-order valence-electron chi connectivity index (χ0n) is 12.9. The minimum absolute atomic E-state index is 0.0266. The highest BCUT2D eigenvalue weighted by atomic mass is 14.6. The second kappa shape index (κ2) is 6.96. The Kier molecular flexibility index (Phi) is 4.57. The van der Waals surface area contributed by atoms with E-state index >= 15 is 0 Å². The molecule has 112 valence electrons. The molecule has 0 fully saturated rings. The first-order chi connectivity index (χ1) is 11.3. The van der Waals surface area contributed by atoms with Crippen molar-refractivity contribution in [3.63, 3.8) is 0 Å². The first-order valence-corrected chi connectivity index (χ1v) is 7.72. The van der Waals surface area contributed by atoms with Gasteiger partial charge in [-0.05, 0) is 22.4 Å². The van der Waals surface area contributed by atoms with Gasteiger partial charge in [0, 0.05) is 11.5 Å².